The maximum absolute atomic E-state index is 0. The predicted molar refractivity (Wildman–Crippen MR) is 5.81 cm³/mol. The third-order valence-electron chi connectivity index (χ3n) is 0. The molecule has 0 rings (SSSR count). The molecule has 0 aromatic rings. The van der Waals surface area contributed by atoms with Gasteiger partial charge in [0.15, 0.2) is 0 Å². The monoisotopic (exact) mass is 232 g/mol. The first kappa shape index (κ1) is 157. The van der Waals surface area contributed by atoms with Crippen LogP contribution in [0.4, 0.5) is 0 Å². The third-order valence-corrected chi connectivity index (χ3v) is 0. The van der Waals surface area contributed by atoms with Crippen molar-refractivity contribution in [2.45, 2.75) is 0 Å². The molecule has 0 aliphatic heterocycles. The van der Waals surface area contributed by atoms with Crippen LogP contribution in [-0.4, -0.2) is 16.4 Å². The van der Waals surface area contributed by atoms with Gasteiger partial charge in [-0.15, -0.1) is 0 Å². The molecule has 0 fully saturated rings. The van der Waals surface area contributed by atoms with Gasteiger partial charge < -0.3 is 16.4 Å². The molecule has 0 aromatic carbocycles. The summed E-state index contributed by atoms with van der Waals surface area (Å²) in [5.74, 6) is 0. The molecule has 3 nitrogen and oxygen atoms in total. The Balaban J connectivity index is 0. The molecule has 4 heavy (non-hydrogen) atoms. The molecule has 1 radical (unpaired) electrons. The maximum atomic E-state index is 0. The molecule has 29 valence electrons. The first-order valence-electron chi connectivity index (χ1n) is 0. The zero-order chi connectivity index (χ0) is 0. The van der Waals surface area contributed by atoms with Gasteiger partial charge in [0.1, 0.15) is 0 Å². The zero-order valence-corrected chi connectivity index (χ0v) is 5.00. The Kier molecular flexibility index (Phi) is 2540. The van der Waals surface area contributed by atoms with E-state index in [1.807, 2.05) is 0 Å². The molecular formula is H3O3Ta-3. The fourth-order valence-electron chi connectivity index (χ4n) is 0. The fourth-order valence-corrected chi connectivity index (χ4v) is 0. The smallest absolute Gasteiger partial charge is 0 e. The van der Waals surface area contributed by atoms with Gasteiger partial charge in [0.25, 0.3) is 0 Å². The van der Waals surface area contributed by atoms with Crippen LogP contribution in [0.1, 0.15) is 0 Å². The van der Waals surface area contributed by atoms with Crippen molar-refractivity contribution < 1.29 is 38.8 Å². The summed E-state index contributed by atoms with van der Waals surface area (Å²) >= 11 is 0. The summed E-state index contributed by atoms with van der Waals surface area (Å²) in [5.41, 5.74) is 0. The van der Waals surface area contributed by atoms with Crippen molar-refractivity contribution in [2.24, 2.45) is 0 Å². The number of hydrogen-bond donors (Lipinski definition) is 0. The van der Waals surface area contributed by atoms with E-state index < -0.39 is 0 Å². The Hall–Kier alpha value is 0.620. The van der Waals surface area contributed by atoms with Crippen molar-refractivity contribution in [2.75, 3.05) is 0 Å². The van der Waals surface area contributed by atoms with Gasteiger partial charge in [-0.2, -0.15) is 0 Å². The van der Waals surface area contributed by atoms with Gasteiger partial charge in [0, 0.05) is 22.4 Å². The van der Waals surface area contributed by atoms with Crippen LogP contribution in [0.3, 0.4) is 0 Å². The van der Waals surface area contributed by atoms with Crippen molar-refractivity contribution in [3.8, 4) is 0 Å². The molecular weight excluding hydrogens is 229 g/mol. The largest absolute Gasteiger partial charge is 0.870 e. The summed E-state index contributed by atoms with van der Waals surface area (Å²) in [4.78, 5) is 0. The van der Waals surface area contributed by atoms with Gasteiger partial charge >= 0.3 is 0 Å². The van der Waals surface area contributed by atoms with Crippen LogP contribution < -0.4 is 0 Å². The van der Waals surface area contributed by atoms with E-state index in [-0.39, 0.29) is 38.8 Å². The second-order valence-electron chi connectivity index (χ2n) is 0. The third kappa shape index (κ3) is 17.9. The van der Waals surface area contributed by atoms with E-state index >= 15 is 0 Å². The Morgan fingerprint density at radius 2 is 0.500 bits per heavy atom. The van der Waals surface area contributed by atoms with E-state index in [1.54, 1.807) is 0 Å². The minimum Gasteiger partial charge on any atom is -0.870 e. The zero-order valence-electron chi connectivity index (χ0n) is 1.79. The van der Waals surface area contributed by atoms with Crippen molar-refractivity contribution >= 4 is 0 Å². The molecule has 0 spiro atoms. The standard InChI is InChI=1S/3H2O.Ta/h3*1H2;/p-3. The van der Waals surface area contributed by atoms with Crippen LogP contribution in [0.2, 0.25) is 0 Å². The molecule has 0 aliphatic rings. The van der Waals surface area contributed by atoms with Crippen molar-refractivity contribution in [1.29, 1.82) is 0 Å². The fraction of sp³-hybridized carbons (Fsp3) is 0. The second-order valence-corrected chi connectivity index (χ2v) is 0. The van der Waals surface area contributed by atoms with Crippen LogP contribution in [0.15, 0.2) is 0 Å². The van der Waals surface area contributed by atoms with Crippen LogP contribution >= 0.6 is 0 Å². The molecule has 0 unspecified atom stereocenters. The van der Waals surface area contributed by atoms with Gasteiger partial charge in [-0.1, -0.05) is 0 Å². The predicted octanol–water partition coefficient (Wildman–Crippen LogP) is -0.533. The molecule has 0 saturated carbocycles. The average Bonchev–Trinajstić information content (AvgIpc) is 0. The van der Waals surface area contributed by atoms with Crippen LogP contribution in [-0.2, 0) is 22.4 Å². The van der Waals surface area contributed by atoms with E-state index in [4.69, 9.17) is 0 Å². The van der Waals surface area contributed by atoms with E-state index in [1.165, 1.54) is 0 Å². The topological polar surface area (TPSA) is 90.0 Å². The van der Waals surface area contributed by atoms with Gasteiger partial charge in [-0.3, -0.25) is 0 Å². The van der Waals surface area contributed by atoms with Crippen LogP contribution in [0.25, 0.3) is 0 Å². The van der Waals surface area contributed by atoms with E-state index in [2.05, 4.69) is 0 Å². The molecule has 0 aromatic heterocycles. The SMILES string of the molecule is [OH-].[OH-].[OH-].[Ta]. The molecule has 4 heteroatoms. The summed E-state index contributed by atoms with van der Waals surface area (Å²) < 4.78 is 0. The first-order valence-corrected chi connectivity index (χ1v) is 0. The summed E-state index contributed by atoms with van der Waals surface area (Å²) in [6.07, 6.45) is 0. The molecule has 0 atom stereocenters. The Labute approximate surface area is 39.4 Å². The number of hydrogen-bond acceptors (Lipinski definition) is 3. The normalized spacial score (nSPS) is 0. The molecule has 0 bridgehead atoms. The van der Waals surface area contributed by atoms with Gasteiger partial charge in [-0.25, -0.2) is 0 Å². The molecule has 0 heterocycles. The minimum atomic E-state index is 0. The summed E-state index contributed by atoms with van der Waals surface area (Å²) in [5, 5.41) is 0. The summed E-state index contributed by atoms with van der Waals surface area (Å²) in [6, 6.07) is 0. The van der Waals surface area contributed by atoms with E-state index in [9.17, 15) is 0 Å². The van der Waals surface area contributed by atoms with E-state index in [0.717, 1.165) is 0 Å². The quantitative estimate of drug-likeness (QED) is 0.561. The van der Waals surface area contributed by atoms with Crippen LogP contribution in [0.5, 0.6) is 0 Å². The van der Waals surface area contributed by atoms with E-state index in [0.29, 0.717) is 0 Å². The molecule has 3 N–H and O–H groups in total. The molecule has 0 amide bonds. The van der Waals surface area contributed by atoms with Gasteiger partial charge in [0.05, 0.1) is 0 Å². The van der Waals surface area contributed by atoms with Crippen molar-refractivity contribution in [1.82, 2.24) is 0 Å². The molecule has 0 aliphatic carbocycles. The molecule has 0 saturated heterocycles. The Morgan fingerprint density at radius 1 is 0.500 bits per heavy atom. The Morgan fingerprint density at radius 3 is 0.500 bits per heavy atom. The van der Waals surface area contributed by atoms with Gasteiger partial charge in [-0.05, 0) is 0 Å². The maximum Gasteiger partial charge on any atom is 0 e. The van der Waals surface area contributed by atoms with Crippen molar-refractivity contribution in [3.05, 3.63) is 0 Å². The van der Waals surface area contributed by atoms with Crippen LogP contribution in [0, 0.1) is 0 Å². The average molecular weight is 232 g/mol. The minimum absolute atomic E-state index is 0. The summed E-state index contributed by atoms with van der Waals surface area (Å²) in [6.45, 7) is 0. The van der Waals surface area contributed by atoms with Crippen molar-refractivity contribution in [3.63, 3.8) is 0 Å². The Bertz CT molecular complexity index is 3.25. The first-order chi connectivity index (χ1) is 0. The second kappa shape index (κ2) is 64.6. The van der Waals surface area contributed by atoms with Gasteiger partial charge in [0.2, 0.25) is 0 Å². The summed E-state index contributed by atoms with van der Waals surface area (Å²) in [7, 11) is 0. The number of rotatable bonds is 0.